The lowest BCUT2D eigenvalue weighted by molar-refractivity contribution is 0.0870. The molecule has 0 spiro atoms. The molecule has 2 aromatic heterocycles. The van der Waals surface area contributed by atoms with Crippen LogP contribution in [0, 0.1) is 0 Å². The van der Waals surface area contributed by atoms with E-state index < -0.39 is 13.4 Å². The minimum absolute atomic E-state index is 0.130. The van der Waals surface area contributed by atoms with E-state index in [1.807, 2.05) is 6.92 Å². The van der Waals surface area contributed by atoms with Crippen molar-refractivity contribution in [2.24, 2.45) is 0 Å². The van der Waals surface area contributed by atoms with Gasteiger partial charge in [-0.25, -0.2) is 4.68 Å². The molecule has 3 rings (SSSR count). The molecule has 3 heterocycles. The van der Waals surface area contributed by atoms with Crippen molar-refractivity contribution in [1.29, 1.82) is 0 Å². The average Bonchev–Trinajstić information content (AvgIpc) is 3.09. The summed E-state index contributed by atoms with van der Waals surface area (Å²) >= 11 is 0. The quantitative estimate of drug-likeness (QED) is 0.864. The van der Waals surface area contributed by atoms with E-state index in [0.29, 0.717) is 18.8 Å². The third-order valence-corrected chi connectivity index (χ3v) is 5.14. The van der Waals surface area contributed by atoms with Crippen molar-refractivity contribution in [2.75, 3.05) is 12.0 Å². The van der Waals surface area contributed by atoms with Crippen LogP contribution in [0.4, 0.5) is 0 Å². The topological polar surface area (TPSA) is 91.4 Å². The Balaban J connectivity index is 1.91. The van der Waals surface area contributed by atoms with E-state index in [-0.39, 0.29) is 6.10 Å². The second kappa shape index (κ2) is 5.40. The molecule has 0 aromatic carbocycles. The molecule has 0 unspecified atom stereocenters. The van der Waals surface area contributed by atoms with Crippen LogP contribution in [0.15, 0.2) is 35.5 Å². The number of aromatic nitrogens is 3. The van der Waals surface area contributed by atoms with Crippen LogP contribution in [0.5, 0.6) is 0 Å². The van der Waals surface area contributed by atoms with Gasteiger partial charge in [-0.1, -0.05) is 0 Å². The molecule has 0 bridgehead atoms. The molecule has 1 aliphatic heterocycles. The second-order valence-corrected chi connectivity index (χ2v) is 6.56. The summed E-state index contributed by atoms with van der Waals surface area (Å²) < 4.78 is 30.8. The third-order valence-electron chi connectivity index (χ3n) is 2.94. The van der Waals surface area contributed by atoms with E-state index in [2.05, 4.69) is 15.6 Å². The third kappa shape index (κ3) is 2.63. The molecule has 8 nitrogen and oxygen atoms in total. The van der Waals surface area contributed by atoms with Crippen molar-refractivity contribution in [3.63, 3.8) is 0 Å². The minimum Gasteiger partial charge on any atom is -0.466 e. The van der Waals surface area contributed by atoms with Crippen molar-refractivity contribution in [3.05, 3.63) is 36.8 Å². The normalized spacial score (nSPS) is 28.1. The largest absolute Gasteiger partial charge is 0.466 e. The number of hydrogen-bond donors (Lipinski definition) is 1. The van der Waals surface area contributed by atoms with Crippen molar-refractivity contribution < 1.29 is 18.0 Å². The van der Waals surface area contributed by atoms with Gasteiger partial charge in [-0.3, -0.25) is 4.57 Å². The van der Waals surface area contributed by atoms with E-state index in [4.69, 9.17) is 13.5 Å². The maximum Gasteiger partial charge on any atom is 0.362 e. The summed E-state index contributed by atoms with van der Waals surface area (Å²) in [5.74, 6) is -0.285. The molecular formula is C11H15N4O4P. The van der Waals surface area contributed by atoms with E-state index >= 15 is 0 Å². The van der Waals surface area contributed by atoms with Crippen LogP contribution < -0.4 is 5.43 Å². The first-order chi connectivity index (χ1) is 9.67. The Morgan fingerprint density at radius 2 is 2.30 bits per heavy atom. The highest BCUT2D eigenvalue weighted by molar-refractivity contribution is 7.54. The highest BCUT2D eigenvalue weighted by Crippen LogP contribution is 2.62. The molecule has 0 saturated carbocycles. The van der Waals surface area contributed by atoms with Gasteiger partial charge in [-0.15, -0.1) is 10.2 Å². The number of nitrogens with zero attached hydrogens (tertiary/aromatic N) is 3. The van der Waals surface area contributed by atoms with Crippen molar-refractivity contribution in [2.45, 2.75) is 25.2 Å². The summed E-state index contributed by atoms with van der Waals surface area (Å²) in [6.07, 6.45) is 5.00. The summed E-state index contributed by atoms with van der Waals surface area (Å²) in [7, 11) is -3.39. The molecule has 0 radical (unpaired) electrons. The first-order valence-electron chi connectivity index (χ1n) is 6.24. The fraction of sp³-hybridized carbons (Fsp3) is 0.455. The van der Waals surface area contributed by atoms with Crippen LogP contribution in [0.3, 0.4) is 0 Å². The molecule has 0 amide bonds. The van der Waals surface area contributed by atoms with E-state index in [9.17, 15) is 4.57 Å². The maximum absolute atomic E-state index is 12.9. The molecule has 1 aliphatic rings. The minimum atomic E-state index is -3.39. The maximum atomic E-state index is 12.9. The molecule has 9 heteroatoms. The van der Waals surface area contributed by atoms with Gasteiger partial charge in [0.05, 0.1) is 19.0 Å². The monoisotopic (exact) mass is 298 g/mol. The number of hydrogen-bond acceptors (Lipinski definition) is 7. The summed E-state index contributed by atoms with van der Waals surface area (Å²) in [5, 5.41) is 7.38. The van der Waals surface area contributed by atoms with Gasteiger partial charge in [0.2, 0.25) is 5.78 Å². The van der Waals surface area contributed by atoms with Crippen LogP contribution >= 0.6 is 7.60 Å². The zero-order valence-electron chi connectivity index (χ0n) is 10.9. The van der Waals surface area contributed by atoms with Gasteiger partial charge in [-0.2, -0.15) is 0 Å². The highest BCUT2D eigenvalue weighted by atomic mass is 31.2. The van der Waals surface area contributed by atoms with Gasteiger partial charge < -0.3 is 18.9 Å². The Bertz CT molecular complexity index is 586. The summed E-state index contributed by atoms with van der Waals surface area (Å²) in [4.78, 5) is 0. The highest BCUT2D eigenvalue weighted by Gasteiger charge is 2.43. The van der Waals surface area contributed by atoms with Crippen LogP contribution in [0.2, 0.25) is 0 Å². The first-order valence-corrected chi connectivity index (χ1v) is 7.86. The van der Waals surface area contributed by atoms with E-state index in [0.717, 1.165) is 0 Å². The molecule has 1 N–H and O–H groups in total. The van der Waals surface area contributed by atoms with E-state index in [1.165, 1.54) is 23.6 Å². The van der Waals surface area contributed by atoms with Gasteiger partial charge in [0.1, 0.15) is 18.4 Å². The van der Waals surface area contributed by atoms with Crippen LogP contribution in [0.1, 0.15) is 24.9 Å². The lowest BCUT2D eigenvalue weighted by Crippen LogP contribution is -2.26. The predicted octanol–water partition coefficient (Wildman–Crippen LogP) is 2.13. The van der Waals surface area contributed by atoms with Crippen molar-refractivity contribution >= 4 is 7.60 Å². The average molecular weight is 298 g/mol. The molecule has 1 saturated heterocycles. The van der Waals surface area contributed by atoms with Crippen LogP contribution in [-0.4, -0.2) is 27.6 Å². The Kier molecular flexibility index (Phi) is 3.60. The SMILES string of the molecule is C[C@H]1CCO[P@](=O)([C@H](Nn2cnnc2)c2ccco2)O1. The standard InChI is InChI=1S/C11H15N4O4P/c1-9-4-6-18-20(16,19-9)11(10-3-2-5-17-10)14-15-7-12-13-8-15/h2-3,5,7-9,11,14H,4,6H2,1H3/t9-,11-,20+/m0/s1. The van der Waals surface area contributed by atoms with E-state index in [1.54, 1.807) is 12.1 Å². The predicted molar refractivity (Wildman–Crippen MR) is 69.6 cm³/mol. The van der Waals surface area contributed by atoms with Gasteiger partial charge in [0.15, 0.2) is 0 Å². The van der Waals surface area contributed by atoms with Gasteiger partial charge in [0, 0.05) is 0 Å². The second-order valence-electron chi connectivity index (χ2n) is 4.49. The molecule has 1 fully saturated rings. The fourth-order valence-corrected chi connectivity index (χ4v) is 3.99. The zero-order valence-corrected chi connectivity index (χ0v) is 11.8. The first kappa shape index (κ1) is 13.4. The summed E-state index contributed by atoms with van der Waals surface area (Å²) in [6.45, 7) is 2.26. The number of nitrogens with one attached hydrogen (secondary N) is 1. The number of furan rings is 1. The Morgan fingerprint density at radius 1 is 1.50 bits per heavy atom. The summed E-state index contributed by atoms with van der Waals surface area (Å²) in [5.41, 5.74) is 2.98. The number of rotatable bonds is 4. The fourth-order valence-electron chi connectivity index (χ4n) is 1.96. The Hall–Kier alpha value is -1.63. The lowest BCUT2D eigenvalue weighted by atomic mass is 10.3. The van der Waals surface area contributed by atoms with Crippen molar-refractivity contribution in [1.82, 2.24) is 14.9 Å². The van der Waals surface area contributed by atoms with Gasteiger partial charge in [-0.05, 0) is 25.5 Å². The van der Waals surface area contributed by atoms with Gasteiger partial charge >= 0.3 is 7.60 Å². The Morgan fingerprint density at radius 3 is 2.95 bits per heavy atom. The van der Waals surface area contributed by atoms with Crippen LogP contribution in [-0.2, 0) is 13.6 Å². The molecule has 3 atom stereocenters. The molecular weight excluding hydrogens is 283 g/mol. The molecule has 2 aromatic rings. The zero-order chi connectivity index (χ0) is 14.0. The van der Waals surface area contributed by atoms with Crippen LogP contribution in [0.25, 0.3) is 0 Å². The Labute approximate surface area is 115 Å². The van der Waals surface area contributed by atoms with Gasteiger partial charge in [0.25, 0.3) is 0 Å². The molecule has 20 heavy (non-hydrogen) atoms. The smallest absolute Gasteiger partial charge is 0.362 e. The molecule has 0 aliphatic carbocycles. The van der Waals surface area contributed by atoms with Crippen molar-refractivity contribution in [3.8, 4) is 0 Å². The lowest BCUT2D eigenvalue weighted by Gasteiger charge is -2.32. The molecule has 108 valence electrons. The summed E-state index contributed by atoms with van der Waals surface area (Å²) in [6, 6.07) is 3.43.